The van der Waals surface area contributed by atoms with Crippen LogP contribution in [0, 0.1) is 0 Å². The van der Waals surface area contributed by atoms with Crippen molar-refractivity contribution in [1.82, 2.24) is 4.90 Å². The summed E-state index contributed by atoms with van der Waals surface area (Å²) in [5, 5.41) is 3.48. The molecule has 1 aliphatic rings. The van der Waals surface area contributed by atoms with E-state index in [1.807, 2.05) is 20.9 Å². The van der Waals surface area contributed by atoms with Crippen molar-refractivity contribution in [2.45, 2.75) is 39.8 Å². The number of carbonyl (C=O) groups excluding carboxylic acids is 2. The molecule has 6 nitrogen and oxygen atoms in total. The molecule has 0 atom stereocenters. The van der Waals surface area contributed by atoms with E-state index >= 15 is 0 Å². The Labute approximate surface area is 169 Å². The van der Waals surface area contributed by atoms with Gasteiger partial charge in [-0.2, -0.15) is 0 Å². The Morgan fingerprint density at radius 2 is 1.96 bits per heavy atom. The van der Waals surface area contributed by atoms with Crippen LogP contribution in [0.3, 0.4) is 0 Å². The maximum atomic E-state index is 12.7. The number of esters is 1. The first kappa shape index (κ1) is 20.4. The number of thiophene rings is 1. The lowest BCUT2D eigenvalue weighted by molar-refractivity contribution is 0.0526. The molecule has 0 fully saturated rings. The number of ether oxygens (including phenoxy) is 2. The van der Waals surface area contributed by atoms with Crippen molar-refractivity contribution in [3.8, 4) is 5.75 Å². The van der Waals surface area contributed by atoms with Gasteiger partial charge in [0.2, 0.25) is 0 Å². The van der Waals surface area contributed by atoms with Crippen LogP contribution in [-0.4, -0.2) is 43.1 Å². The normalized spacial score (nSPS) is 13.9. The highest BCUT2D eigenvalue weighted by Crippen LogP contribution is 2.37. The fourth-order valence-corrected chi connectivity index (χ4v) is 4.48. The quantitative estimate of drug-likeness (QED) is 0.741. The molecule has 1 N–H and O–H groups in total. The maximum absolute atomic E-state index is 12.7. The fraction of sp³-hybridized carbons (Fsp3) is 0.429. The van der Waals surface area contributed by atoms with Crippen LogP contribution in [0.2, 0.25) is 0 Å². The molecule has 0 unspecified atom stereocenters. The minimum absolute atomic E-state index is 0.0717. The van der Waals surface area contributed by atoms with Gasteiger partial charge in [-0.3, -0.25) is 4.79 Å². The molecule has 150 valence electrons. The summed E-state index contributed by atoms with van der Waals surface area (Å²) in [7, 11) is 2.05. The first-order chi connectivity index (χ1) is 13.4. The second kappa shape index (κ2) is 8.75. The minimum Gasteiger partial charge on any atom is -0.491 e. The van der Waals surface area contributed by atoms with Crippen LogP contribution in [0.5, 0.6) is 5.75 Å². The Morgan fingerprint density at radius 3 is 2.61 bits per heavy atom. The number of carbonyl (C=O) groups is 2. The molecule has 1 aromatic carbocycles. The maximum Gasteiger partial charge on any atom is 0.341 e. The van der Waals surface area contributed by atoms with E-state index in [1.165, 1.54) is 11.3 Å². The summed E-state index contributed by atoms with van der Waals surface area (Å²) in [6.07, 6.45) is 0.843. The average molecular weight is 403 g/mol. The van der Waals surface area contributed by atoms with Crippen molar-refractivity contribution in [3.05, 3.63) is 45.8 Å². The number of anilines is 1. The van der Waals surface area contributed by atoms with E-state index in [0.29, 0.717) is 28.5 Å². The second-order valence-corrected chi connectivity index (χ2v) is 8.17. The van der Waals surface area contributed by atoms with Crippen molar-refractivity contribution in [3.63, 3.8) is 0 Å². The number of hydrogen-bond donors (Lipinski definition) is 1. The van der Waals surface area contributed by atoms with Crippen LogP contribution in [-0.2, 0) is 17.7 Å². The zero-order chi connectivity index (χ0) is 20.3. The van der Waals surface area contributed by atoms with Gasteiger partial charge >= 0.3 is 5.97 Å². The van der Waals surface area contributed by atoms with Crippen molar-refractivity contribution in [2.75, 3.05) is 25.5 Å². The van der Waals surface area contributed by atoms with Gasteiger partial charge in [0.1, 0.15) is 10.8 Å². The fourth-order valence-electron chi connectivity index (χ4n) is 3.17. The first-order valence-electron chi connectivity index (χ1n) is 9.47. The van der Waals surface area contributed by atoms with Crippen molar-refractivity contribution >= 4 is 28.2 Å². The van der Waals surface area contributed by atoms with E-state index < -0.39 is 0 Å². The number of fused-ring (bicyclic) bond motifs is 1. The van der Waals surface area contributed by atoms with E-state index in [2.05, 4.69) is 10.2 Å². The molecular weight excluding hydrogens is 376 g/mol. The van der Waals surface area contributed by atoms with E-state index in [-0.39, 0.29) is 18.0 Å². The van der Waals surface area contributed by atoms with Crippen molar-refractivity contribution < 1.29 is 19.1 Å². The summed E-state index contributed by atoms with van der Waals surface area (Å²) in [6, 6.07) is 6.99. The van der Waals surface area contributed by atoms with Crippen LogP contribution in [0.15, 0.2) is 24.3 Å². The molecule has 28 heavy (non-hydrogen) atoms. The van der Waals surface area contributed by atoms with Gasteiger partial charge in [-0.25, -0.2) is 4.79 Å². The third-order valence-electron chi connectivity index (χ3n) is 4.44. The summed E-state index contributed by atoms with van der Waals surface area (Å²) in [5.74, 6) is 0.0857. The highest BCUT2D eigenvalue weighted by molar-refractivity contribution is 7.17. The highest BCUT2D eigenvalue weighted by atomic mass is 32.1. The third-order valence-corrected chi connectivity index (χ3v) is 5.57. The molecule has 0 spiro atoms. The lowest BCUT2D eigenvalue weighted by atomic mass is 10.0. The van der Waals surface area contributed by atoms with Crippen LogP contribution in [0.4, 0.5) is 5.00 Å². The van der Waals surface area contributed by atoms with Gasteiger partial charge in [0.05, 0.1) is 18.3 Å². The third kappa shape index (κ3) is 4.54. The standard InChI is InChI=1S/C21H26N2O4S/c1-5-26-21(25)18-16-10-11-23(4)12-17(16)28-20(18)22-19(24)14-6-8-15(9-7-14)27-13(2)3/h6-9,13H,5,10-12H2,1-4H3,(H,22,24). The highest BCUT2D eigenvalue weighted by Gasteiger charge is 2.28. The van der Waals surface area contributed by atoms with E-state index in [0.717, 1.165) is 30.0 Å². The number of benzene rings is 1. The van der Waals surface area contributed by atoms with Gasteiger partial charge in [0, 0.05) is 23.5 Å². The van der Waals surface area contributed by atoms with Gasteiger partial charge in [0.25, 0.3) is 5.91 Å². The number of amides is 1. The summed E-state index contributed by atoms with van der Waals surface area (Å²) >= 11 is 1.46. The molecule has 2 heterocycles. The topological polar surface area (TPSA) is 67.9 Å². The molecule has 1 aromatic heterocycles. The molecule has 0 bridgehead atoms. The molecule has 1 aliphatic heterocycles. The molecule has 7 heteroatoms. The van der Waals surface area contributed by atoms with E-state index in [9.17, 15) is 9.59 Å². The Balaban J connectivity index is 1.84. The van der Waals surface area contributed by atoms with Crippen LogP contribution in [0.25, 0.3) is 0 Å². The predicted molar refractivity (Wildman–Crippen MR) is 110 cm³/mol. The predicted octanol–water partition coefficient (Wildman–Crippen LogP) is 3.95. The SMILES string of the molecule is CCOC(=O)c1c(NC(=O)c2ccc(OC(C)C)cc2)sc2c1CCN(C)C2. The number of hydrogen-bond acceptors (Lipinski definition) is 6. The van der Waals surface area contributed by atoms with Crippen LogP contribution < -0.4 is 10.1 Å². The Hall–Kier alpha value is -2.38. The number of rotatable bonds is 6. The molecule has 1 amide bonds. The van der Waals surface area contributed by atoms with Gasteiger partial charge < -0.3 is 19.7 Å². The van der Waals surface area contributed by atoms with Gasteiger partial charge in [0.15, 0.2) is 0 Å². The zero-order valence-corrected chi connectivity index (χ0v) is 17.5. The molecular formula is C21H26N2O4S. The number of nitrogens with one attached hydrogen (secondary N) is 1. The van der Waals surface area contributed by atoms with Crippen LogP contribution >= 0.6 is 11.3 Å². The molecule has 2 aromatic rings. The first-order valence-corrected chi connectivity index (χ1v) is 10.3. The molecule has 0 aliphatic carbocycles. The summed E-state index contributed by atoms with van der Waals surface area (Å²) in [6.45, 7) is 7.63. The van der Waals surface area contributed by atoms with E-state index in [4.69, 9.17) is 9.47 Å². The minimum atomic E-state index is -0.375. The summed E-state index contributed by atoms with van der Waals surface area (Å²) in [4.78, 5) is 28.6. The molecule has 0 radical (unpaired) electrons. The smallest absolute Gasteiger partial charge is 0.341 e. The summed E-state index contributed by atoms with van der Waals surface area (Å²) in [5.41, 5.74) is 2.01. The van der Waals surface area contributed by atoms with Gasteiger partial charge in [-0.05, 0) is 64.1 Å². The van der Waals surface area contributed by atoms with Crippen molar-refractivity contribution in [1.29, 1.82) is 0 Å². The van der Waals surface area contributed by atoms with Crippen molar-refractivity contribution in [2.24, 2.45) is 0 Å². The second-order valence-electron chi connectivity index (χ2n) is 7.06. The monoisotopic (exact) mass is 402 g/mol. The lowest BCUT2D eigenvalue weighted by Crippen LogP contribution is -2.26. The Bertz CT molecular complexity index is 858. The zero-order valence-electron chi connectivity index (χ0n) is 16.7. The number of nitrogens with zero attached hydrogens (tertiary/aromatic N) is 1. The summed E-state index contributed by atoms with van der Waals surface area (Å²) < 4.78 is 10.9. The Morgan fingerprint density at radius 1 is 1.25 bits per heavy atom. The van der Waals surface area contributed by atoms with Gasteiger partial charge in [-0.15, -0.1) is 11.3 Å². The average Bonchev–Trinajstić information content (AvgIpc) is 2.98. The van der Waals surface area contributed by atoms with Gasteiger partial charge in [-0.1, -0.05) is 0 Å². The molecule has 3 rings (SSSR count). The Kier molecular flexibility index (Phi) is 6.36. The largest absolute Gasteiger partial charge is 0.491 e. The lowest BCUT2D eigenvalue weighted by Gasteiger charge is -2.22. The van der Waals surface area contributed by atoms with Crippen LogP contribution in [0.1, 0.15) is 51.9 Å². The molecule has 0 saturated heterocycles. The van der Waals surface area contributed by atoms with E-state index in [1.54, 1.807) is 31.2 Å². The number of likely N-dealkylation sites (N-methyl/N-ethyl adjacent to an activating group) is 1. The molecule has 0 saturated carbocycles.